The van der Waals surface area contributed by atoms with Gasteiger partial charge in [-0.2, -0.15) is 0 Å². The van der Waals surface area contributed by atoms with E-state index in [1.54, 1.807) is 41.8 Å². The molecule has 0 bridgehead atoms. The first-order chi connectivity index (χ1) is 9.95. The van der Waals surface area contributed by atoms with Gasteiger partial charge in [-0.05, 0) is 38.0 Å². The van der Waals surface area contributed by atoms with Crippen LogP contribution in [0.5, 0.6) is 5.75 Å². The molecule has 1 aromatic carbocycles. The van der Waals surface area contributed by atoms with Crippen LogP contribution in [0.1, 0.15) is 28.4 Å². The maximum Gasteiger partial charge on any atom is 0.237 e. The van der Waals surface area contributed by atoms with Gasteiger partial charge in [-0.3, -0.25) is 4.79 Å². The summed E-state index contributed by atoms with van der Waals surface area (Å²) in [5.74, 6) is -0.00652. The molecule has 2 rings (SSSR count). The molecule has 2 aromatic rings. The number of amides is 1. The molecule has 4 N–H and O–H groups in total. The van der Waals surface area contributed by atoms with E-state index in [0.717, 1.165) is 15.4 Å². The summed E-state index contributed by atoms with van der Waals surface area (Å²) in [6.45, 7) is 3.87. The molecule has 0 saturated carbocycles. The van der Waals surface area contributed by atoms with Gasteiger partial charge in [-0.25, -0.2) is 4.98 Å². The summed E-state index contributed by atoms with van der Waals surface area (Å²) in [6.07, 6.45) is 2.22. The highest BCUT2D eigenvalue weighted by Gasteiger charge is 2.18. The maximum absolute atomic E-state index is 12.1. The number of hydrogen-bond donors (Lipinski definition) is 3. The van der Waals surface area contributed by atoms with Crippen molar-refractivity contribution in [2.24, 2.45) is 5.73 Å². The number of phenolic OH excluding ortho intramolecular Hbond substituents is 1. The summed E-state index contributed by atoms with van der Waals surface area (Å²) in [5, 5.41) is 13.0. The summed E-state index contributed by atoms with van der Waals surface area (Å²) >= 11 is 1.56. The highest BCUT2D eigenvalue weighted by molar-refractivity contribution is 7.11. The lowest BCUT2D eigenvalue weighted by Gasteiger charge is -2.16. The lowest BCUT2D eigenvalue weighted by Crippen LogP contribution is -2.42. The van der Waals surface area contributed by atoms with Gasteiger partial charge in [-0.1, -0.05) is 12.1 Å². The Morgan fingerprint density at radius 3 is 2.67 bits per heavy atom. The van der Waals surface area contributed by atoms with E-state index in [1.807, 2.05) is 13.8 Å². The molecular formula is C15H19N3O2S. The number of nitrogens with one attached hydrogen (secondary N) is 1. The van der Waals surface area contributed by atoms with E-state index < -0.39 is 6.04 Å². The maximum atomic E-state index is 12.1. The number of hydrogen-bond acceptors (Lipinski definition) is 5. The molecule has 0 saturated heterocycles. The molecule has 6 heteroatoms. The summed E-state index contributed by atoms with van der Waals surface area (Å²) < 4.78 is 0. The number of carbonyl (C=O) groups excluding carboxylic acids is 1. The van der Waals surface area contributed by atoms with Crippen molar-refractivity contribution >= 4 is 17.2 Å². The van der Waals surface area contributed by atoms with Crippen molar-refractivity contribution in [1.82, 2.24) is 10.3 Å². The van der Waals surface area contributed by atoms with Crippen molar-refractivity contribution < 1.29 is 9.90 Å². The Labute approximate surface area is 127 Å². The van der Waals surface area contributed by atoms with Gasteiger partial charge in [0.1, 0.15) is 10.8 Å². The number of aromatic nitrogens is 1. The molecule has 112 valence electrons. The molecule has 2 atom stereocenters. The van der Waals surface area contributed by atoms with Crippen LogP contribution in [0.15, 0.2) is 30.5 Å². The zero-order valence-corrected chi connectivity index (χ0v) is 12.9. The second kappa shape index (κ2) is 6.69. The molecule has 21 heavy (non-hydrogen) atoms. The second-order valence-electron chi connectivity index (χ2n) is 5.02. The molecule has 0 fully saturated rings. The third-order valence-electron chi connectivity index (χ3n) is 3.10. The summed E-state index contributed by atoms with van der Waals surface area (Å²) in [6, 6.07) is 5.91. The van der Waals surface area contributed by atoms with Gasteiger partial charge in [0.15, 0.2) is 0 Å². The Hall–Kier alpha value is -1.92. The Kier molecular flexibility index (Phi) is 4.93. The van der Waals surface area contributed by atoms with Crippen molar-refractivity contribution in [3.63, 3.8) is 0 Å². The smallest absolute Gasteiger partial charge is 0.237 e. The van der Waals surface area contributed by atoms with E-state index in [9.17, 15) is 9.90 Å². The number of phenols is 1. The first-order valence-corrected chi connectivity index (χ1v) is 7.53. The normalized spacial score (nSPS) is 13.7. The first kappa shape index (κ1) is 15.5. The van der Waals surface area contributed by atoms with Crippen molar-refractivity contribution in [3.05, 3.63) is 45.9 Å². The van der Waals surface area contributed by atoms with Crippen LogP contribution in [0.2, 0.25) is 0 Å². The van der Waals surface area contributed by atoms with E-state index >= 15 is 0 Å². The van der Waals surface area contributed by atoms with Crippen LogP contribution in [0.3, 0.4) is 0 Å². The largest absolute Gasteiger partial charge is 0.508 e. The molecule has 0 radical (unpaired) electrons. The predicted octanol–water partition coefficient (Wildman–Crippen LogP) is 1.90. The number of rotatable bonds is 5. The van der Waals surface area contributed by atoms with E-state index in [0.29, 0.717) is 6.42 Å². The van der Waals surface area contributed by atoms with Gasteiger partial charge >= 0.3 is 0 Å². The number of aryl methyl sites for hydroxylation is 1. The average molecular weight is 305 g/mol. The molecule has 0 aliphatic rings. The quantitative estimate of drug-likeness (QED) is 0.787. The Morgan fingerprint density at radius 2 is 2.10 bits per heavy atom. The van der Waals surface area contributed by atoms with Gasteiger partial charge in [-0.15, -0.1) is 11.3 Å². The van der Waals surface area contributed by atoms with Gasteiger partial charge in [0, 0.05) is 11.1 Å². The number of carbonyl (C=O) groups is 1. The van der Waals surface area contributed by atoms with Gasteiger partial charge in [0.25, 0.3) is 0 Å². The minimum absolute atomic E-state index is 0.151. The number of nitrogens with two attached hydrogens (primary N) is 1. The number of thiazole rings is 1. The molecule has 0 aliphatic heterocycles. The van der Waals surface area contributed by atoms with Crippen LogP contribution < -0.4 is 11.1 Å². The fourth-order valence-corrected chi connectivity index (χ4v) is 2.71. The lowest BCUT2D eigenvalue weighted by atomic mass is 10.1. The van der Waals surface area contributed by atoms with Crippen LogP contribution in [0, 0.1) is 6.92 Å². The van der Waals surface area contributed by atoms with E-state index in [-0.39, 0.29) is 17.7 Å². The highest BCUT2D eigenvalue weighted by atomic mass is 32.1. The Morgan fingerprint density at radius 1 is 1.43 bits per heavy atom. The SMILES string of the molecule is Cc1cnc(C(C)NC(=O)[C@H](N)Cc2ccc(O)cc2)s1. The zero-order chi connectivity index (χ0) is 15.4. The minimum atomic E-state index is -0.627. The van der Waals surface area contributed by atoms with E-state index in [1.165, 1.54) is 0 Å². The molecule has 0 spiro atoms. The molecule has 1 heterocycles. The van der Waals surface area contributed by atoms with Crippen molar-refractivity contribution in [3.8, 4) is 5.75 Å². The van der Waals surface area contributed by atoms with Crippen LogP contribution in [0.25, 0.3) is 0 Å². The van der Waals surface area contributed by atoms with Crippen LogP contribution >= 0.6 is 11.3 Å². The molecule has 0 aliphatic carbocycles. The molecule has 1 aromatic heterocycles. The Bertz CT molecular complexity index is 610. The lowest BCUT2D eigenvalue weighted by molar-refractivity contribution is -0.123. The number of benzene rings is 1. The topological polar surface area (TPSA) is 88.2 Å². The number of nitrogens with zero attached hydrogens (tertiary/aromatic N) is 1. The Balaban J connectivity index is 1.91. The van der Waals surface area contributed by atoms with Gasteiger partial charge < -0.3 is 16.2 Å². The third-order valence-corrected chi connectivity index (χ3v) is 4.19. The fraction of sp³-hybridized carbons (Fsp3) is 0.333. The van der Waals surface area contributed by atoms with Crippen molar-refractivity contribution in [1.29, 1.82) is 0 Å². The summed E-state index contributed by atoms with van der Waals surface area (Å²) in [5.41, 5.74) is 6.84. The zero-order valence-electron chi connectivity index (χ0n) is 12.0. The van der Waals surface area contributed by atoms with Crippen LogP contribution in [-0.4, -0.2) is 22.0 Å². The van der Waals surface area contributed by atoms with Crippen molar-refractivity contribution in [2.45, 2.75) is 32.4 Å². The summed E-state index contributed by atoms with van der Waals surface area (Å²) in [4.78, 5) is 17.5. The number of aromatic hydroxyl groups is 1. The predicted molar refractivity (Wildman–Crippen MR) is 83.2 cm³/mol. The molecular weight excluding hydrogens is 286 g/mol. The third kappa shape index (κ3) is 4.27. The molecule has 1 unspecified atom stereocenters. The monoisotopic (exact) mass is 305 g/mol. The van der Waals surface area contributed by atoms with E-state index in [2.05, 4.69) is 10.3 Å². The van der Waals surface area contributed by atoms with E-state index in [4.69, 9.17) is 5.73 Å². The fourth-order valence-electron chi connectivity index (χ4n) is 1.93. The van der Waals surface area contributed by atoms with Crippen LogP contribution in [-0.2, 0) is 11.2 Å². The first-order valence-electron chi connectivity index (χ1n) is 6.72. The van der Waals surface area contributed by atoms with Gasteiger partial charge in [0.2, 0.25) is 5.91 Å². The standard InChI is InChI=1S/C15H19N3O2S/c1-9-8-17-15(21-9)10(2)18-14(20)13(16)7-11-3-5-12(19)6-4-11/h3-6,8,10,13,19H,7,16H2,1-2H3,(H,18,20)/t10?,13-/m1/s1. The summed E-state index contributed by atoms with van der Waals surface area (Å²) in [7, 11) is 0. The average Bonchev–Trinajstić information content (AvgIpc) is 2.88. The molecule has 1 amide bonds. The van der Waals surface area contributed by atoms with Crippen molar-refractivity contribution in [2.75, 3.05) is 0 Å². The van der Waals surface area contributed by atoms with Gasteiger partial charge in [0.05, 0.1) is 12.1 Å². The second-order valence-corrected chi connectivity index (χ2v) is 6.28. The molecule has 5 nitrogen and oxygen atoms in total. The minimum Gasteiger partial charge on any atom is -0.508 e. The van der Waals surface area contributed by atoms with Crippen LogP contribution in [0.4, 0.5) is 0 Å². The highest BCUT2D eigenvalue weighted by Crippen LogP contribution is 2.19.